The topological polar surface area (TPSA) is 44.2 Å². The lowest BCUT2D eigenvalue weighted by Gasteiger charge is -2.09. The maximum Gasteiger partial charge on any atom is 0.123 e. The molecule has 28 heavy (non-hydrogen) atoms. The number of aromatic nitrogens is 2. The molecule has 0 saturated heterocycles. The SMILES string of the molecule is CCCCCCCOc1ccnc(-c2cc(OCCCCCCS)ccn2)c1. The molecule has 0 aliphatic heterocycles. The molecule has 0 atom stereocenters. The standard InChI is InChI=1S/C23H34N2O2S/c1-2-3-4-5-8-15-26-20-11-13-24-22(18-20)23-19-21(12-14-25-23)27-16-9-6-7-10-17-28/h11-14,18-19,28H,2-10,15-17H2,1H3. The van der Waals surface area contributed by atoms with Gasteiger partial charge in [0.1, 0.15) is 11.5 Å². The molecule has 0 saturated carbocycles. The number of hydrogen-bond acceptors (Lipinski definition) is 5. The molecule has 0 spiro atoms. The number of rotatable bonds is 15. The minimum atomic E-state index is 0.727. The third-order valence-corrected chi connectivity index (χ3v) is 4.88. The summed E-state index contributed by atoms with van der Waals surface area (Å²) in [5.41, 5.74) is 1.61. The van der Waals surface area contributed by atoms with Crippen LogP contribution in [0.1, 0.15) is 64.7 Å². The minimum absolute atomic E-state index is 0.727. The van der Waals surface area contributed by atoms with Crippen LogP contribution in [0.25, 0.3) is 11.4 Å². The van der Waals surface area contributed by atoms with E-state index >= 15 is 0 Å². The molecule has 0 amide bonds. The van der Waals surface area contributed by atoms with Crippen LogP contribution >= 0.6 is 12.6 Å². The fraction of sp³-hybridized carbons (Fsp3) is 0.565. The second-order valence-corrected chi connectivity index (χ2v) is 7.45. The van der Waals surface area contributed by atoms with Gasteiger partial charge in [-0.2, -0.15) is 12.6 Å². The van der Waals surface area contributed by atoms with Crippen LogP contribution in [-0.4, -0.2) is 28.9 Å². The summed E-state index contributed by atoms with van der Waals surface area (Å²) in [7, 11) is 0. The van der Waals surface area contributed by atoms with Gasteiger partial charge in [0, 0.05) is 24.5 Å². The summed E-state index contributed by atoms with van der Waals surface area (Å²) in [4.78, 5) is 8.89. The van der Waals surface area contributed by atoms with Crippen LogP contribution in [0.3, 0.4) is 0 Å². The number of unbranched alkanes of at least 4 members (excludes halogenated alkanes) is 7. The Balaban J connectivity index is 1.82. The zero-order valence-electron chi connectivity index (χ0n) is 17.1. The summed E-state index contributed by atoms with van der Waals surface area (Å²) in [6.45, 7) is 3.70. The van der Waals surface area contributed by atoms with Gasteiger partial charge in [0.15, 0.2) is 0 Å². The van der Waals surface area contributed by atoms with Gasteiger partial charge in [-0.1, -0.05) is 45.4 Å². The molecule has 0 aromatic carbocycles. The Morgan fingerprint density at radius 3 is 1.71 bits per heavy atom. The molecule has 5 heteroatoms. The summed E-state index contributed by atoms with van der Waals surface area (Å²) < 4.78 is 11.8. The molecule has 2 rings (SSSR count). The fourth-order valence-electron chi connectivity index (χ4n) is 2.94. The lowest BCUT2D eigenvalue weighted by Crippen LogP contribution is -1.99. The molecule has 0 bridgehead atoms. The Labute approximate surface area is 175 Å². The first kappa shape index (κ1) is 22.5. The Morgan fingerprint density at radius 2 is 1.21 bits per heavy atom. The van der Waals surface area contributed by atoms with Crippen molar-refractivity contribution in [1.29, 1.82) is 0 Å². The van der Waals surface area contributed by atoms with Gasteiger partial charge < -0.3 is 9.47 Å². The first-order chi connectivity index (χ1) is 13.8. The molecule has 0 N–H and O–H groups in total. The van der Waals surface area contributed by atoms with Crippen LogP contribution < -0.4 is 9.47 Å². The van der Waals surface area contributed by atoms with E-state index in [2.05, 4.69) is 29.5 Å². The zero-order valence-corrected chi connectivity index (χ0v) is 18.0. The zero-order chi connectivity index (χ0) is 19.9. The molecule has 0 unspecified atom stereocenters. The molecule has 2 heterocycles. The third-order valence-electron chi connectivity index (χ3n) is 4.56. The summed E-state index contributed by atoms with van der Waals surface area (Å²) in [5, 5.41) is 0. The fourth-order valence-corrected chi connectivity index (χ4v) is 3.16. The maximum absolute atomic E-state index is 5.89. The van der Waals surface area contributed by atoms with E-state index in [1.54, 1.807) is 12.4 Å². The van der Waals surface area contributed by atoms with Crippen LogP contribution in [0, 0.1) is 0 Å². The van der Waals surface area contributed by atoms with Gasteiger partial charge in [0.05, 0.1) is 24.6 Å². The molecule has 0 fully saturated rings. The highest BCUT2D eigenvalue weighted by Gasteiger charge is 2.05. The first-order valence-electron chi connectivity index (χ1n) is 10.6. The third kappa shape index (κ3) is 8.96. The summed E-state index contributed by atoms with van der Waals surface area (Å²) in [6.07, 6.45) is 14.3. The molecule has 0 aliphatic carbocycles. The molecule has 2 aromatic heterocycles. The van der Waals surface area contributed by atoms with Crippen LogP contribution in [0.5, 0.6) is 11.5 Å². The van der Waals surface area contributed by atoms with E-state index in [1.807, 2.05) is 24.3 Å². The monoisotopic (exact) mass is 402 g/mol. The minimum Gasteiger partial charge on any atom is -0.493 e. The van der Waals surface area contributed by atoms with Gasteiger partial charge in [-0.25, -0.2) is 0 Å². The van der Waals surface area contributed by atoms with Crippen LogP contribution in [0.15, 0.2) is 36.7 Å². The van der Waals surface area contributed by atoms with Crippen molar-refractivity contribution in [3.05, 3.63) is 36.7 Å². The second-order valence-electron chi connectivity index (χ2n) is 7.00. The van der Waals surface area contributed by atoms with Gasteiger partial charge >= 0.3 is 0 Å². The number of pyridine rings is 2. The normalized spacial score (nSPS) is 10.8. The van der Waals surface area contributed by atoms with Crippen molar-refractivity contribution in [2.45, 2.75) is 64.7 Å². The molecule has 154 valence electrons. The lowest BCUT2D eigenvalue weighted by molar-refractivity contribution is 0.304. The molecular formula is C23H34N2O2S. The molecular weight excluding hydrogens is 368 g/mol. The van der Waals surface area contributed by atoms with Crippen molar-refractivity contribution in [2.75, 3.05) is 19.0 Å². The van der Waals surface area contributed by atoms with Crippen molar-refractivity contribution < 1.29 is 9.47 Å². The largest absolute Gasteiger partial charge is 0.493 e. The lowest BCUT2D eigenvalue weighted by atomic mass is 10.2. The Kier molecular flexibility index (Phi) is 11.5. The van der Waals surface area contributed by atoms with Crippen molar-refractivity contribution in [1.82, 2.24) is 9.97 Å². The molecule has 2 aromatic rings. The number of hydrogen-bond donors (Lipinski definition) is 1. The average Bonchev–Trinajstić information content (AvgIpc) is 2.73. The second kappa shape index (κ2) is 14.3. The Morgan fingerprint density at radius 1 is 0.714 bits per heavy atom. The van der Waals surface area contributed by atoms with Crippen molar-refractivity contribution >= 4 is 12.6 Å². The van der Waals surface area contributed by atoms with E-state index in [1.165, 1.54) is 44.9 Å². The van der Waals surface area contributed by atoms with Gasteiger partial charge in [-0.15, -0.1) is 0 Å². The smallest absolute Gasteiger partial charge is 0.123 e. The number of ether oxygens (including phenoxy) is 2. The van der Waals surface area contributed by atoms with Crippen molar-refractivity contribution in [3.8, 4) is 22.9 Å². The van der Waals surface area contributed by atoms with Crippen molar-refractivity contribution in [3.63, 3.8) is 0 Å². The van der Waals surface area contributed by atoms with Gasteiger partial charge in [-0.3, -0.25) is 9.97 Å². The van der Waals surface area contributed by atoms with Crippen LogP contribution in [0.2, 0.25) is 0 Å². The quantitative estimate of drug-likeness (QED) is 0.278. The molecule has 0 radical (unpaired) electrons. The van der Waals surface area contributed by atoms with Gasteiger partial charge in [0.2, 0.25) is 0 Å². The van der Waals surface area contributed by atoms with E-state index in [4.69, 9.17) is 9.47 Å². The maximum atomic E-state index is 5.89. The predicted octanol–water partition coefficient (Wildman–Crippen LogP) is 6.36. The highest BCUT2D eigenvalue weighted by molar-refractivity contribution is 7.80. The molecule has 0 aliphatic rings. The Bertz CT molecular complexity index is 609. The summed E-state index contributed by atoms with van der Waals surface area (Å²) in [5.74, 6) is 2.64. The highest BCUT2D eigenvalue weighted by Crippen LogP contribution is 2.23. The summed E-state index contributed by atoms with van der Waals surface area (Å²) >= 11 is 4.24. The van der Waals surface area contributed by atoms with E-state index < -0.39 is 0 Å². The van der Waals surface area contributed by atoms with Crippen LogP contribution in [-0.2, 0) is 0 Å². The number of thiol groups is 1. The number of nitrogens with zero attached hydrogens (tertiary/aromatic N) is 2. The Hall–Kier alpha value is -1.75. The van der Waals surface area contributed by atoms with E-state index in [-0.39, 0.29) is 0 Å². The van der Waals surface area contributed by atoms with Crippen LogP contribution in [0.4, 0.5) is 0 Å². The highest BCUT2D eigenvalue weighted by atomic mass is 32.1. The van der Waals surface area contributed by atoms with E-state index in [9.17, 15) is 0 Å². The predicted molar refractivity (Wildman–Crippen MR) is 120 cm³/mol. The van der Waals surface area contributed by atoms with Gasteiger partial charge in [-0.05, 0) is 37.1 Å². The van der Waals surface area contributed by atoms with E-state index in [0.717, 1.165) is 54.7 Å². The van der Waals surface area contributed by atoms with E-state index in [0.29, 0.717) is 0 Å². The average molecular weight is 403 g/mol. The molecule has 4 nitrogen and oxygen atoms in total. The summed E-state index contributed by atoms with van der Waals surface area (Å²) in [6, 6.07) is 7.70. The first-order valence-corrected chi connectivity index (χ1v) is 11.3. The van der Waals surface area contributed by atoms with Gasteiger partial charge in [0.25, 0.3) is 0 Å². The van der Waals surface area contributed by atoms with Crippen molar-refractivity contribution in [2.24, 2.45) is 0 Å².